The highest BCUT2D eigenvalue weighted by molar-refractivity contribution is 7.90. The first-order valence-corrected chi connectivity index (χ1v) is 11.3. The first-order valence-electron chi connectivity index (χ1n) is 9.39. The Labute approximate surface area is 176 Å². The van der Waals surface area contributed by atoms with E-state index in [9.17, 15) is 18.0 Å². The first-order chi connectivity index (χ1) is 14.1. The molecule has 0 atom stereocenters. The molecule has 0 N–H and O–H groups in total. The van der Waals surface area contributed by atoms with Gasteiger partial charge in [0.2, 0.25) is 0 Å². The number of carbonyl (C=O) groups is 2. The Kier molecular flexibility index (Phi) is 5.85. The molecule has 3 rings (SSSR count). The van der Waals surface area contributed by atoms with Crippen LogP contribution >= 0.6 is 0 Å². The highest BCUT2D eigenvalue weighted by Crippen LogP contribution is 2.51. The van der Waals surface area contributed by atoms with Crippen molar-refractivity contribution in [1.29, 1.82) is 0 Å². The van der Waals surface area contributed by atoms with Crippen molar-refractivity contribution in [2.24, 2.45) is 5.41 Å². The van der Waals surface area contributed by atoms with E-state index in [1.165, 1.54) is 26.4 Å². The number of benzene rings is 2. The summed E-state index contributed by atoms with van der Waals surface area (Å²) in [6, 6.07) is 14.3. The van der Waals surface area contributed by atoms with Crippen molar-refractivity contribution in [3.05, 3.63) is 65.2 Å². The van der Waals surface area contributed by atoms with E-state index in [1.54, 1.807) is 12.1 Å². The van der Waals surface area contributed by atoms with Gasteiger partial charge in [-0.3, -0.25) is 9.59 Å². The normalized spacial score (nSPS) is 15.7. The third-order valence-corrected chi connectivity index (χ3v) is 6.63. The third kappa shape index (κ3) is 3.89. The quantitative estimate of drug-likeness (QED) is 0.536. The van der Waals surface area contributed by atoms with Gasteiger partial charge in [-0.2, -0.15) is 0 Å². The van der Waals surface area contributed by atoms with Crippen LogP contribution in [-0.2, 0) is 28.9 Å². The van der Waals surface area contributed by atoms with E-state index in [0.717, 1.165) is 34.1 Å². The zero-order valence-electron chi connectivity index (χ0n) is 17.4. The van der Waals surface area contributed by atoms with Crippen molar-refractivity contribution in [2.75, 3.05) is 20.5 Å². The van der Waals surface area contributed by atoms with E-state index in [2.05, 4.69) is 0 Å². The molecule has 0 unspecified atom stereocenters. The summed E-state index contributed by atoms with van der Waals surface area (Å²) in [5, 5.41) is 0. The summed E-state index contributed by atoms with van der Waals surface area (Å²) in [7, 11) is -0.840. The summed E-state index contributed by atoms with van der Waals surface area (Å²) >= 11 is 0. The Hall–Kier alpha value is -2.93. The summed E-state index contributed by atoms with van der Waals surface area (Å²) in [5.74, 6) is -1.30. The van der Waals surface area contributed by atoms with E-state index >= 15 is 0 Å². The van der Waals surface area contributed by atoms with Gasteiger partial charge in [0.25, 0.3) is 0 Å². The maximum Gasteiger partial charge on any atom is 0.323 e. The molecule has 0 saturated carbocycles. The highest BCUT2D eigenvalue weighted by Gasteiger charge is 2.53. The molecule has 1 aliphatic carbocycles. The molecule has 0 bridgehead atoms. The van der Waals surface area contributed by atoms with Gasteiger partial charge in [0.05, 0.1) is 19.1 Å². The minimum Gasteiger partial charge on any atom is -0.468 e. The van der Waals surface area contributed by atoms with Gasteiger partial charge < -0.3 is 9.47 Å². The number of esters is 2. The topological polar surface area (TPSA) is 86.7 Å². The molecule has 0 aromatic heterocycles. The summed E-state index contributed by atoms with van der Waals surface area (Å²) < 4.78 is 33.5. The van der Waals surface area contributed by atoms with E-state index < -0.39 is 27.2 Å². The van der Waals surface area contributed by atoms with Crippen LogP contribution in [0.15, 0.2) is 53.4 Å². The second kappa shape index (κ2) is 8.07. The van der Waals surface area contributed by atoms with Crippen LogP contribution in [0.4, 0.5) is 0 Å². The van der Waals surface area contributed by atoms with Gasteiger partial charge in [-0.25, -0.2) is 8.42 Å². The average molecular weight is 429 g/mol. The number of sulfone groups is 1. The van der Waals surface area contributed by atoms with Gasteiger partial charge in [-0.05, 0) is 41.3 Å². The molecule has 0 fully saturated rings. The number of aryl methyl sites for hydroxylation is 1. The molecule has 7 heteroatoms. The number of methoxy groups -OCH3 is 2. The predicted molar refractivity (Wildman–Crippen MR) is 113 cm³/mol. The number of carbonyl (C=O) groups excluding carboxylic acids is 2. The molecule has 2 aromatic carbocycles. The summed E-state index contributed by atoms with van der Waals surface area (Å²) in [6.07, 6.45) is 1.39. The fourth-order valence-electron chi connectivity index (χ4n) is 3.85. The van der Waals surface area contributed by atoms with Gasteiger partial charge in [0.15, 0.2) is 15.3 Å². The highest BCUT2D eigenvalue weighted by atomic mass is 32.2. The van der Waals surface area contributed by atoms with E-state index in [1.807, 2.05) is 31.2 Å². The molecular weight excluding hydrogens is 404 g/mol. The van der Waals surface area contributed by atoms with E-state index in [4.69, 9.17) is 9.47 Å². The number of allylic oxidation sites excluding steroid dienone is 2. The van der Waals surface area contributed by atoms with Gasteiger partial charge in [0.1, 0.15) is 0 Å². The van der Waals surface area contributed by atoms with Crippen molar-refractivity contribution in [3.8, 4) is 0 Å². The maximum atomic E-state index is 12.7. The fourth-order valence-corrected chi connectivity index (χ4v) is 4.48. The SMILES string of the molecule is COC(=O)C1(C(=O)OC)CC(c2ccc(C)cc2)=C(c2ccc(S(C)(=O)=O)cc2)C1. The third-order valence-electron chi connectivity index (χ3n) is 5.50. The summed E-state index contributed by atoms with van der Waals surface area (Å²) in [6.45, 7) is 1.98. The molecule has 0 saturated heterocycles. The fraction of sp³-hybridized carbons (Fsp3) is 0.304. The van der Waals surface area contributed by atoms with E-state index in [0.29, 0.717) is 0 Å². The Morgan fingerprint density at radius 3 is 1.57 bits per heavy atom. The Morgan fingerprint density at radius 2 is 1.20 bits per heavy atom. The molecule has 0 radical (unpaired) electrons. The van der Waals surface area contributed by atoms with Crippen LogP contribution in [0.5, 0.6) is 0 Å². The average Bonchev–Trinajstić information content (AvgIpc) is 3.14. The lowest BCUT2D eigenvalue weighted by Crippen LogP contribution is -2.39. The summed E-state index contributed by atoms with van der Waals surface area (Å²) in [5.41, 5.74) is 2.86. The monoisotopic (exact) mass is 428 g/mol. The molecule has 0 spiro atoms. The molecule has 6 nitrogen and oxygen atoms in total. The minimum atomic E-state index is -3.34. The predicted octanol–water partition coefficient (Wildman–Crippen LogP) is 3.44. The lowest BCUT2D eigenvalue weighted by molar-refractivity contribution is -0.167. The number of rotatable bonds is 5. The minimum absolute atomic E-state index is 0.105. The molecule has 158 valence electrons. The second-order valence-electron chi connectivity index (χ2n) is 7.54. The van der Waals surface area contributed by atoms with Crippen LogP contribution in [0.2, 0.25) is 0 Å². The van der Waals surface area contributed by atoms with Crippen molar-refractivity contribution in [1.82, 2.24) is 0 Å². The van der Waals surface area contributed by atoms with Crippen LogP contribution in [0, 0.1) is 12.3 Å². The lowest BCUT2D eigenvalue weighted by Gasteiger charge is -2.23. The molecule has 0 heterocycles. The van der Waals surface area contributed by atoms with Gasteiger partial charge in [-0.15, -0.1) is 0 Å². The lowest BCUT2D eigenvalue weighted by atomic mass is 9.82. The summed E-state index contributed by atoms with van der Waals surface area (Å²) in [4.78, 5) is 25.6. The van der Waals surface area contributed by atoms with Gasteiger partial charge in [-0.1, -0.05) is 42.0 Å². The smallest absolute Gasteiger partial charge is 0.323 e. The molecule has 2 aromatic rings. The molecule has 0 aliphatic heterocycles. The standard InChI is InChI=1S/C23H24O6S/c1-15-5-7-16(8-6-15)19-13-23(21(24)28-2,22(25)29-3)14-20(19)17-9-11-18(12-10-17)30(4,26)27/h5-12H,13-14H2,1-4H3. The van der Waals surface area contributed by atoms with Crippen LogP contribution in [0.25, 0.3) is 11.1 Å². The Morgan fingerprint density at radius 1 is 0.800 bits per heavy atom. The van der Waals surface area contributed by atoms with Gasteiger partial charge >= 0.3 is 11.9 Å². The number of ether oxygens (including phenoxy) is 2. The van der Waals surface area contributed by atoms with Crippen LogP contribution in [-0.4, -0.2) is 40.8 Å². The molecule has 30 heavy (non-hydrogen) atoms. The van der Waals surface area contributed by atoms with E-state index in [-0.39, 0.29) is 17.7 Å². The van der Waals surface area contributed by atoms with Crippen molar-refractivity contribution in [2.45, 2.75) is 24.7 Å². The Bertz CT molecular complexity index is 1090. The second-order valence-corrected chi connectivity index (χ2v) is 9.55. The molecule has 1 aliphatic rings. The molecular formula is C23H24O6S. The zero-order valence-corrected chi connectivity index (χ0v) is 18.2. The maximum absolute atomic E-state index is 12.7. The number of hydrogen-bond acceptors (Lipinski definition) is 6. The Balaban J connectivity index is 2.17. The first kappa shape index (κ1) is 21.8. The van der Waals surface area contributed by atoms with Crippen LogP contribution in [0.1, 0.15) is 29.5 Å². The van der Waals surface area contributed by atoms with Crippen LogP contribution in [0.3, 0.4) is 0 Å². The van der Waals surface area contributed by atoms with Gasteiger partial charge in [0, 0.05) is 19.1 Å². The zero-order chi connectivity index (χ0) is 22.1. The van der Waals surface area contributed by atoms with Crippen LogP contribution < -0.4 is 0 Å². The van der Waals surface area contributed by atoms with Crippen molar-refractivity contribution in [3.63, 3.8) is 0 Å². The van der Waals surface area contributed by atoms with Crippen molar-refractivity contribution < 1.29 is 27.5 Å². The number of hydrogen-bond donors (Lipinski definition) is 0. The largest absolute Gasteiger partial charge is 0.468 e. The van der Waals surface area contributed by atoms with Crippen molar-refractivity contribution >= 4 is 32.9 Å². The molecule has 0 amide bonds.